The quantitative estimate of drug-likeness (QED) is 0.499. The van der Waals surface area contributed by atoms with Gasteiger partial charge in [-0.15, -0.1) is 0 Å². The van der Waals surface area contributed by atoms with Gasteiger partial charge in [0, 0.05) is 24.7 Å². The van der Waals surface area contributed by atoms with Gasteiger partial charge in [-0.3, -0.25) is 10.1 Å². The Morgan fingerprint density at radius 1 is 1.30 bits per heavy atom. The molecule has 0 spiro atoms. The molecule has 0 fully saturated rings. The fourth-order valence-electron chi connectivity index (χ4n) is 1.81. The molecular formula is C13H13IN4O2. The number of nitro groups is 1. The van der Waals surface area contributed by atoms with E-state index in [0.717, 1.165) is 20.6 Å². The summed E-state index contributed by atoms with van der Waals surface area (Å²) in [5.41, 5.74) is 2.45. The van der Waals surface area contributed by atoms with Gasteiger partial charge in [-0.2, -0.15) is 0 Å². The van der Waals surface area contributed by atoms with E-state index < -0.39 is 4.92 Å². The number of halogens is 1. The summed E-state index contributed by atoms with van der Waals surface area (Å²) >= 11 is 2.17. The number of nitrogens with zero attached hydrogens (tertiary/aromatic N) is 3. The zero-order valence-electron chi connectivity index (χ0n) is 11.3. The second-order valence-corrected chi connectivity index (χ2v) is 5.38. The lowest BCUT2D eigenvalue weighted by Gasteiger charge is -2.10. The number of aryl methyl sites for hydroxylation is 2. The molecule has 6 nitrogen and oxygen atoms in total. The van der Waals surface area contributed by atoms with E-state index in [9.17, 15) is 10.1 Å². The van der Waals surface area contributed by atoms with Crippen LogP contribution in [0, 0.1) is 27.5 Å². The molecule has 0 aliphatic carbocycles. The van der Waals surface area contributed by atoms with E-state index in [1.165, 1.54) is 12.1 Å². The summed E-state index contributed by atoms with van der Waals surface area (Å²) in [7, 11) is 1.79. The van der Waals surface area contributed by atoms with Gasteiger partial charge >= 0.3 is 0 Å². The molecule has 1 aromatic heterocycles. The van der Waals surface area contributed by atoms with Crippen molar-refractivity contribution in [2.24, 2.45) is 0 Å². The second kappa shape index (κ2) is 5.70. The lowest BCUT2D eigenvalue weighted by molar-refractivity contribution is -0.384. The maximum Gasteiger partial charge on any atom is 0.270 e. The topological polar surface area (TPSA) is 81.0 Å². The molecule has 0 saturated heterocycles. The Labute approximate surface area is 129 Å². The minimum absolute atomic E-state index is 0.0383. The number of hydrogen-bond acceptors (Lipinski definition) is 5. The normalized spacial score (nSPS) is 10.4. The number of nitrogens with one attached hydrogen (secondary N) is 1. The molecule has 7 heteroatoms. The zero-order valence-corrected chi connectivity index (χ0v) is 13.4. The van der Waals surface area contributed by atoms with E-state index in [1.807, 2.05) is 13.8 Å². The van der Waals surface area contributed by atoms with Crippen LogP contribution in [0.3, 0.4) is 0 Å². The molecule has 104 valence electrons. The van der Waals surface area contributed by atoms with Crippen LogP contribution < -0.4 is 5.32 Å². The first-order valence-electron chi connectivity index (χ1n) is 5.91. The third kappa shape index (κ3) is 2.72. The van der Waals surface area contributed by atoms with Crippen molar-refractivity contribution in [1.82, 2.24) is 9.97 Å². The Morgan fingerprint density at radius 2 is 2.00 bits per heavy atom. The third-order valence-corrected chi connectivity index (χ3v) is 4.22. The van der Waals surface area contributed by atoms with Crippen LogP contribution in [0.1, 0.15) is 11.3 Å². The van der Waals surface area contributed by atoms with E-state index in [0.29, 0.717) is 11.4 Å². The molecule has 0 atom stereocenters. The SMILES string of the molecule is CNc1nc(-c2cc([N+](=O)[O-])ccc2C)nc(C)c1I. The highest BCUT2D eigenvalue weighted by Crippen LogP contribution is 2.28. The fraction of sp³-hybridized carbons (Fsp3) is 0.231. The van der Waals surface area contributed by atoms with E-state index in [2.05, 4.69) is 37.9 Å². The standard InChI is InChI=1S/C13H13IN4O2/c1-7-4-5-9(18(19)20)6-10(7)12-16-8(2)11(14)13(15-3)17-12/h4-6H,1-3H3,(H,15,16,17). The van der Waals surface area contributed by atoms with Gasteiger partial charge in [0.15, 0.2) is 5.82 Å². The average Bonchev–Trinajstić information content (AvgIpc) is 2.42. The summed E-state index contributed by atoms with van der Waals surface area (Å²) in [6.07, 6.45) is 0. The largest absolute Gasteiger partial charge is 0.372 e. The maximum atomic E-state index is 10.9. The van der Waals surface area contributed by atoms with Crippen molar-refractivity contribution in [1.29, 1.82) is 0 Å². The summed E-state index contributed by atoms with van der Waals surface area (Å²) in [5.74, 6) is 1.22. The van der Waals surface area contributed by atoms with Crippen molar-refractivity contribution < 1.29 is 4.92 Å². The van der Waals surface area contributed by atoms with E-state index in [4.69, 9.17) is 0 Å². The summed E-state index contributed by atoms with van der Waals surface area (Å²) in [5, 5.41) is 13.9. The van der Waals surface area contributed by atoms with Crippen LogP contribution in [0.25, 0.3) is 11.4 Å². The molecule has 0 radical (unpaired) electrons. The van der Waals surface area contributed by atoms with Crippen LogP contribution in [-0.2, 0) is 0 Å². The Hall–Kier alpha value is -1.77. The molecule has 2 rings (SSSR count). The average molecular weight is 384 g/mol. The van der Waals surface area contributed by atoms with Gasteiger partial charge in [0.05, 0.1) is 14.2 Å². The Morgan fingerprint density at radius 3 is 2.60 bits per heavy atom. The van der Waals surface area contributed by atoms with Crippen LogP contribution >= 0.6 is 22.6 Å². The highest BCUT2D eigenvalue weighted by Gasteiger charge is 2.15. The molecule has 0 aliphatic heterocycles. The summed E-state index contributed by atoms with van der Waals surface area (Å²) in [6.45, 7) is 3.77. The van der Waals surface area contributed by atoms with Gasteiger partial charge in [0.2, 0.25) is 0 Å². The first kappa shape index (κ1) is 14.6. The molecule has 1 aromatic carbocycles. The first-order chi connectivity index (χ1) is 9.43. The Kier molecular flexibility index (Phi) is 4.17. The summed E-state index contributed by atoms with van der Waals surface area (Å²) in [6, 6.07) is 4.71. The number of nitro benzene ring substituents is 1. The number of aromatic nitrogens is 2. The van der Waals surface area contributed by atoms with E-state index in [-0.39, 0.29) is 5.69 Å². The van der Waals surface area contributed by atoms with Crippen molar-refractivity contribution in [2.75, 3.05) is 12.4 Å². The molecule has 0 aliphatic rings. The van der Waals surface area contributed by atoms with Crippen LogP contribution in [0.15, 0.2) is 18.2 Å². The van der Waals surface area contributed by atoms with Crippen LogP contribution in [0.4, 0.5) is 11.5 Å². The molecule has 2 aromatic rings. The van der Waals surface area contributed by atoms with Gasteiger partial charge in [-0.1, -0.05) is 6.07 Å². The monoisotopic (exact) mass is 384 g/mol. The van der Waals surface area contributed by atoms with Gasteiger partial charge < -0.3 is 5.32 Å². The van der Waals surface area contributed by atoms with Gasteiger partial charge in [0.1, 0.15) is 5.82 Å². The van der Waals surface area contributed by atoms with Crippen molar-refractivity contribution in [3.05, 3.63) is 43.1 Å². The fourth-order valence-corrected chi connectivity index (χ4v) is 2.32. The molecule has 0 amide bonds. The number of hydrogen-bond donors (Lipinski definition) is 1. The summed E-state index contributed by atoms with van der Waals surface area (Å²) in [4.78, 5) is 19.3. The molecule has 0 saturated carbocycles. The van der Waals surface area contributed by atoms with Crippen molar-refractivity contribution in [3.8, 4) is 11.4 Å². The minimum Gasteiger partial charge on any atom is -0.372 e. The van der Waals surface area contributed by atoms with Gasteiger partial charge in [0.25, 0.3) is 5.69 Å². The Bertz CT molecular complexity index is 688. The van der Waals surface area contributed by atoms with Crippen LogP contribution in [0.2, 0.25) is 0 Å². The van der Waals surface area contributed by atoms with Crippen molar-refractivity contribution in [3.63, 3.8) is 0 Å². The maximum absolute atomic E-state index is 10.9. The molecule has 1 N–H and O–H groups in total. The van der Waals surface area contributed by atoms with E-state index >= 15 is 0 Å². The molecular weight excluding hydrogens is 371 g/mol. The predicted molar refractivity (Wildman–Crippen MR) is 85.9 cm³/mol. The smallest absolute Gasteiger partial charge is 0.270 e. The number of non-ortho nitro benzene ring substituents is 1. The lowest BCUT2D eigenvalue weighted by Crippen LogP contribution is -2.03. The van der Waals surface area contributed by atoms with Gasteiger partial charge in [-0.05, 0) is 42.0 Å². The lowest BCUT2D eigenvalue weighted by atomic mass is 10.1. The molecule has 0 unspecified atom stereocenters. The highest BCUT2D eigenvalue weighted by atomic mass is 127. The number of benzene rings is 1. The van der Waals surface area contributed by atoms with Gasteiger partial charge in [-0.25, -0.2) is 9.97 Å². The summed E-state index contributed by atoms with van der Waals surface area (Å²) < 4.78 is 0.942. The zero-order chi connectivity index (χ0) is 14.9. The third-order valence-electron chi connectivity index (χ3n) is 2.93. The van der Waals surface area contributed by atoms with E-state index in [1.54, 1.807) is 13.1 Å². The van der Waals surface area contributed by atoms with Crippen molar-refractivity contribution >= 4 is 34.1 Å². The Balaban J connectivity index is 2.64. The highest BCUT2D eigenvalue weighted by molar-refractivity contribution is 14.1. The van der Waals surface area contributed by atoms with Crippen LogP contribution in [0.5, 0.6) is 0 Å². The predicted octanol–water partition coefficient (Wildman–Crippen LogP) is 3.31. The molecule has 1 heterocycles. The molecule has 20 heavy (non-hydrogen) atoms. The first-order valence-corrected chi connectivity index (χ1v) is 6.99. The van der Waals surface area contributed by atoms with Crippen LogP contribution in [-0.4, -0.2) is 21.9 Å². The number of anilines is 1. The second-order valence-electron chi connectivity index (χ2n) is 4.30. The minimum atomic E-state index is -0.415. The molecule has 0 bridgehead atoms. The number of rotatable bonds is 3. The van der Waals surface area contributed by atoms with Crippen molar-refractivity contribution in [2.45, 2.75) is 13.8 Å².